The lowest BCUT2D eigenvalue weighted by molar-refractivity contribution is 0.102. The van der Waals surface area contributed by atoms with Crippen molar-refractivity contribution in [3.63, 3.8) is 0 Å². The highest BCUT2D eigenvalue weighted by Crippen LogP contribution is 2.32. The van der Waals surface area contributed by atoms with Crippen LogP contribution in [0.2, 0.25) is 0 Å². The number of imidazole rings is 1. The van der Waals surface area contributed by atoms with Crippen LogP contribution in [0.5, 0.6) is 11.8 Å². The Morgan fingerprint density at radius 1 is 1.03 bits per heavy atom. The third kappa shape index (κ3) is 4.32. The van der Waals surface area contributed by atoms with Gasteiger partial charge in [-0.3, -0.25) is 9.20 Å². The van der Waals surface area contributed by atoms with Gasteiger partial charge in [0, 0.05) is 48.5 Å². The summed E-state index contributed by atoms with van der Waals surface area (Å²) in [5.74, 6) is 0.801. The largest absolute Gasteiger partial charge is 0.481 e. The van der Waals surface area contributed by atoms with E-state index in [1.165, 1.54) is 7.11 Å². The first-order valence-corrected chi connectivity index (χ1v) is 11.6. The minimum absolute atomic E-state index is 0.324. The van der Waals surface area contributed by atoms with Crippen molar-refractivity contribution in [1.29, 1.82) is 0 Å². The number of fused-ring (bicyclic) bond motifs is 2. The van der Waals surface area contributed by atoms with Gasteiger partial charge in [-0.1, -0.05) is 0 Å². The number of hydrogen-bond acceptors (Lipinski definition) is 8. The van der Waals surface area contributed by atoms with E-state index in [0.717, 1.165) is 29.9 Å². The molecule has 0 bridgehead atoms. The summed E-state index contributed by atoms with van der Waals surface area (Å²) in [6.07, 6.45) is 3.56. The van der Waals surface area contributed by atoms with Crippen molar-refractivity contribution in [3.8, 4) is 11.8 Å². The van der Waals surface area contributed by atoms with Crippen LogP contribution in [0.15, 0.2) is 36.7 Å². The van der Waals surface area contributed by atoms with E-state index < -0.39 is 0 Å². The number of aryl methyl sites for hydroxylation is 1. The molecular weight excluding hydrogens is 446 g/mol. The second kappa shape index (κ2) is 9.03. The van der Waals surface area contributed by atoms with Gasteiger partial charge in [0.25, 0.3) is 11.8 Å². The fourth-order valence-corrected chi connectivity index (χ4v) is 4.75. The number of rotatable bonds is 5. The Balaban J connectivity index is 1.55. The number of carbonyl (C=O) groups excluding carboxylic acids is 1. The van der Waals surface area contributed by atoms with E-state index in [9.17, 15) is 4.79 Å². The van der Waals surface area contributed by atoms with Crippen molar-refractivity contribution in [3.05, 3.63) is 47.9 Å². The first kappa shape index (κ1) is 22.9. The summed E-state index contributed by atoms with van der Waals surface area (Å²) in [6.45, 7) is 7.97. The molecule has 1 fully saturated rings. The minimum atomic E-state index is -0.324. The van der Waals surface area contributed by atoms with Gasteiger partial charge in [-0.2, -0.15) is 4.98 Å². The third-order valence-corrected chi connectivity index (χ3v) is 6.12. The number of hydrogen-bond donors (Lipinski definition) is 2. The fraction of sp³-hybridized carbons (Fsp3) is 0.360. The summed E-state index contributed by atoms with van der Waals surface area (Å²) in [5, 5.41) is 7.35. The summed E-state index contributed by atoms with van der Waals surface area (Å²) < 4.78 is 12.5. The van der Waals surface area contributed by atoms with Crippen LogP contribution in [0.1, 0.15) is 29.9 Å². The molecule has 4 heterocycles. The highest BCUT2D eigenvalue weighted by atomic mass is 16.5. The summed E-state index contributed by atoms with van der Waals surface area (Å²) in [6, 6.07) is 8.30. The Hall–Kier alpha value is -3.92. The molecule has 0 radical (unpaired) electrons. The molecule has 0 aliphatic carbocycles. The van der Waals surface area contributed by atoms with Gasteiger partial charge in [0.15, 0.2) is 5.82 Å². The molecule has 1 aliphatic heterocycles. The molecule has 0 spiro atoms. The lowest BCUT2D eigenvalue weighted by atomic mass is 10.0. The van der Waals surface area contributed by atoms with Gasteiger partial charge in [-0.05, 0) is 39.0 Å². The molecule has 182 valence electrons. The quantitative estimate of drug-likeness (QED) is 0.454. The lowest BCUT2D eigenvalue weighted by Crippen LogP contribution is -2.54. The smallest absolute Gasteiger partial charge is 0.260 e. The summed E-state index contributed by atoms with van der Waals surface area (Å²) in [5.41, 5.74) is 3.46. The second-order valence-electron chi connectivity index (χ2n) is 8.96. The molecule has 35 heavy (non-hydrogen) atoms. The van der Waals surface area contributed by atoms with Crippen molar-refractivity contribution >= 4 is 34.0 Å². The van der Waals surface area contributed by atoms with Gasteiger partial charge in [-0.15, -0.1) is 0 Å². The number of piperazine rings is 1. The normalized spacial score (nSPS) is 18.1. The highest BCUT2D eigenvalue weighted by Gasteiger charge is 2.24. The average Bonchev–Trinajstić information content (AvgIpc) is 3.21. The standard InChI is InChI=1S/C25H29N7O3/c1-14-10-31(11-15(2)26-14)19-8-6-18(22-17(19)7-9-21(30-22)34-4)24(33)28-20-13-32-12-16(3)27-23(32)25(29-20)35-5/h6-9,12-15,26H,10-11H2,1-5H3,(H,28,33)/t14-,15+. The topological polar surface area (TPSA) is 106 Å². The number of nitrogens with zero attached hydrogens (tertiary/aromatic N) is 5. The van der Waals surface area contributed by atoms with Gasteiger partial charge in [-0.25, -0.2) is 9.97 Å². The lowest BCUT2D eigenvalue weighted by Gasteiger charge is -2.38. The predicted molar refractivity (Wildman–Crippen MR) is 135 cm³/mol. The van der Waals surface area contributed by atoms with E-state index in [1.807, 2.05) is 37.4 Å². The molecule has 3 aromatic heterocycles. The zero-order chi connectivity index (χ0) is 24.7. The van der Waals surface area contributed by atoms with E-state index in [1.54, 1.807) is 17.7 Å². The zero-order valence-corrected chi connectivity index (χ0v) is 20.5. The first-order chi connectivity index (χ1) is 16.9. The molecule has 0 saturated carbocycles. The van der Waals surface area contributed by atoms with Crippen LogP contribution in [0.25, 0.3) is 16.6 Å². The van der Waals surface area contributed by atoms with Crippen molar-refractivity contribution in [2.45, 2.75) is 32.9 Å². The van der Waals surface area contributed by atoms with Crippen LogP contribution in [0, 0.1) is 6.92 Å². The number of aromatic nitrogens is 4. The summed E-state index contributed by atoms with van der Waals surface area (Å²) in [7, 11) is 3.09. The number of amides is 1. The number of methoxy groups -OCH3 is 2. The monoisotopic (exact) mass is 475 g/mol. The molecule has 1 saturated heterocycles. The van der Waals surface area contributed by atoms with Crippen molar-refractivity contribution in [2.24, 2.45) is 0 Å². The number of benzene rings is 1. The molecule has 10 heteroatoms. The fourth-order valence-electron chi connectivity index (χ4n) is 4.75. The minimum Gasteiger partial charge on any atom is -0.481 e. The zero-order valence-electron chi connectivity index (χ0n) is 20.5. The van der Waals surface area contributed by atoms with Crippen molar-refractivity contribution in [2.75, 3.05) is 37.5 Å². The Labute approximate surface area is 203 Å². The average molecular weight is 476 g/mol. The van der Waals surface area contributed by atoms with Gasteiger partial charge < -0.3 is 25.0 Å². The second-order valence-corrected chi connectivity index (χ2v) is 8.96. The molecule has 4 aromatic rings. The SMILES string of the molecule is COc1ccc2c(N3C[C@@H](C)N[C@@H](C)C3)ccc(C(=O)Nc3cn4cc(C)nc4c(OC)n3)c2n1. The maximum Gasteiger partial charge on any atom is 0.260 e. The third-order valence-electron chi connectivity index (χ3n) is 6.12. The Morgan fingerprint density at radius 3 is 2.51 bits per heavy atom. The van der Waals surface area contributed by atoms with E-state index in [4.69, 9.17) is 9.47 Å². The molecular formula is C25H29N7O3. The Kier molecular flexibility index (Phi) is 5.89. The van der Waals surface area contributed by atoms with Crippen LogP contribution >= 0.6 is 0 Å². The van der Waals surface area contributed by atoms with Crippen LogP contribution in [-0.2, 0) is 0 Å². The number of nitrogens with one attached hydrogen (secondary N) is 2. The van der Waals surface area contributed by atoms with Crippen LogP contribution < -0.4 is 25.0 Å². The van der Waals surface area contributed by atoms with E-state index in [-0.39, 0.29) is 5.91 Å². The van der Waals surface area contributed by atoms with Crippen molar-refractivity contribution < 1.29 is 14.3 Å². The van der Waals surface area contributed by atoms with E-state index in [0.29, 0.717) is 46.4 Å². The van der Waals surface area contributed by atoms with Gasteiger partial charge in [0.05, 0.1) is 37.2 Å². The maximum atomic E-state index is 13.4. The molecule has 1 aromatic carbocycles. The number of carbonyl (C=O) groups is 1. The maximum absolute atomic E-state index is 13.4. The molecule has 2 atom stereocenters. The molecule has 2 N–H and O–H groups in total. The summed E-state index contributed by atoms with van der Waals surface area (Å²) in [4.78, 5) is 29.3. The molecule has 10 nitrogen and oxygen atoms in total. The molecule has 1 aliphatic rings. The van der Waals surface area contributed by atoms with Crippen LogP contribution in [0.4, 0.5) is 11.5 Å². The number of anilines is 2. The summed E-state index contributed by atoms with van der Waals surface area (Å²) >= 11 is 0. The molecule has 0 unspecified atom stereocenters. The van der Waals surface area contributed by atoms with Gasteiger partial charge in [0.1, 0.15) is 0 Å². The Bertz CT molecular complexity index is 1410. The molecule has 1 amide bonds. The number of pyridine rings is 1. The Morgan fingerprint density at radius 2 is 1.80 bits per heavy atom. The van der Waals surface area contributed by atoms with Gasteiger partial charge in [0.2, 0.25) is 11.5 Å². The van der Waals surface area contributed by atoms with Crippen molar-refractivity contribution in [1.82, 2.24) is 24.7 Å². The number of ether oxygens (including phenoxy) is 2. The first-order valence-electron chi connectivity index (χ1n) is 11.6. The van der Waals surface area contributed by atoms with Crippen LogP contribution in [-0.4, -0.2) is 64.7 Å². The van der Waals surface area contributed by atoms with E-state index >= 15 is 0 Å². The van der Waals surface area contributed by atoms with Crippen LogP contribution in [0.3, 0.4) is 0 Å². The molecule has 5 rings (SSSR count). The predicted octanol–water partition coefficient (Wildman–Crippen LogP) is 3.04. The highest BCUT2D eigenvalue weighted by molar-refractivity contribution is 6.13. The van der Waals surface area contributed by atoms with E-state index in [2.05, 4.69) is 44.3 Å². The van der Waals surface area contributed by atoms with Gasteiger partial charge >= 0.3 is 0 Å².